The van der Waals surface area contributed by atoms with E-state index < -0.39 is 17.8 Å². The Morgan fingerprint density at radius 2 is 2.13 bits per heavy atom. The fraction of sp³-hybridized carbons (Fsp3) is 0.842. The lowest BCUT2D eigenvalue weighted by Gasteiger charge is -2.56. The molecule has 3 unspecified atom stereocenters. The number of esters is 1. The fourth-order valence-corrected chi connectivity index (χ4v) is 5.25. The van der Waals surface area contributed by atoms with E-state index in [9.17, 15) is 9.90 Å². The quantitative estimate of drug-likeness (QED) is 0.489. The Kier molecular flexibility index (Phi) is 4.35. The third-order valence-electron chi connectivity index (χ3n) is 6.47. The van der Waals surface area contributed by atoms with Gasteiger partial charge in [0.05, 0.1) is 18.6 Å². The van der Waals surface area contributed by atoms with Crippen molar-refractivity contribution in [3.63, 3.8) is 0 Å². The van der Waals surface area contributed by atoms with Crippen molar-refractivity contribution >= 4 is 5.97 Å². The van der Waals surface area contributed by atoms with Gasteiger partial charge in [-0.05, 0) is 43.4 Å². The molecule has 130 valence electrons. The molecule has 1 N–H and O–H groups in total. The standard InChI is InChI=1S/C19H30O4/c1-5-6-11-22-16-15-12(2)7-8-13-18(3,4)10-9-14(20)19(13,15)17(21)23-16/h13-16,20H,2,5-11H2,1,3-4H3/t13?,14-,15?,16+,19?/m1/s1. The first kappa shape index (κ1) is 17.0. The monoisotopic (exact) mass is 322 g/mol. The number of unbranched alkanes of at least 4 members (excludes halogenated alkanes) is 1. The number of hydrogen-bond acceptors (Lipinski definition) is 4. The molecule has 3 aliphatic rings. The molecule has 1 aliphatic heterocycles. The maximum absolute atomic E-state index is 12.9. The second-order valence-electron chi connectivity index (χ2n) is 8.20. The Morgan fingerprint density at radius 3 is 2.83 bits per heavy atom. The van der Waals surface area contributed by atoms with E-state index in [4.69, 9.17) is 9.47 Å². The number of carbonyl (C=O) groups is 1. The summed E-state index contributed by atoms with van der Waals surface area (Å²) in [6, 6.07) is 0. The van der Waals surface area contributed by atoms with Crippen molar-refractivity contribution in [1.29, 1.82) is 0 Å². The summed E-state index contributed by atoms with van der Waals surface area (Å²) in [7, 11) is 0. The first-order valence-corrected chi connectivity index (χ1v) is 9.04. The van der Waals surface area contributed by atoms with E-state index in [0.717, 1.165) is 37.7 Å². The molecule has 4 nitrogen and oxygen atoms in total. The molecule has 2 saturated carbocycles. The lowest BCUT2D eigenvalue weighted by atomic mass is 9.46. The lowest BCUT2D eigenvalue weighted by molar-refractivity contribution is -0.176. The molecule has 1 saturated heterocycles. The van der Waals surface area contributed by atoms with Crippen LogP contribution in [-0.4, -0.2) is 30.1 Å². The van der Waals surface area contributed by atoms with Gasteiger partial charge in [0.15, 0.2) is 0 Å². The van der Waals surface area contributed by atoms with Gasteiger partial charge >= 0.3 is 5.97 Å². The van der Waals surface area contributed by atoms with E-state index in [2.05, 4.69) is 27.4 Å². The SMILES string of the molecule is C=C1CCC2C(C)(C)CC[C@@H](O)C23C(=O)O[C@H](OCCCC)C13. The summed E-state index contributed by atoms with van der Waals surface area (Å²) in [6.45, 7) is 11.3. The van der Waals surface area contributed by atoms with Crippen LogP contribution in [0.15, 0.2) is 12.2 Å². The van der Waals surface area contributed by atoms with Crippen LogP contribution in [0.1, 0.15) is 59.3 Å². The first-order valence-electron chi connectivity index (χ1n) is 9.04. The Labute approximate surface area is 139 Å². The zero-order valence-electron chi connectivity index (χ0n) is 14.6. The molecule has 1 spiro atoms. The predicted octanol–water partition coefficient (Wildman–Crippen LogP) is 3.44. The highest BCUT2D eigenvalue weighted by molar-refractivity contribution is 5.82. The number of cyclic esters (lactones) is 1. The van der Waals surface area contributed by atoms with E-state index in [-0.39, 0.29) is 23.2 Å². The molecule has 0 aromatic rings. The number of ether oxygens (including phenoxy) is 2. The maximum Gasteiger partial charge on any atom is 0.318 e. The topological polar surface area (TPSA) is 55.8 Å². The van der Waals surface area contributed by atoms with Crippen LogP contribution in [0.25, 0.3) is 0 Å². The fourth-order valence-electron chi connectivity index (χ4n) is 5.25. The van der Waals surface area contributed by atoms with Crippen LogP contribution in [0, 0.1) is 22.7 Å². The smallest absolute Gasteiger partial charge is 0.318 e. The van der Waals surface area contributed by atoms with E-state index in [1.54, 1.807) is 0 Å². The molecule has 3 rings (SSSR count). The Balaban J connectivity index is 1.98. The molecule has 0 aromatic heterocycles. The van der Waals surface area contributed by atoms with Crippen LogP contribution in [0.4, 0.5) is 0 Å². The molecule has 0 bridgehead atoms. The molecule has 3 fully saturated rings. The van der Waals surface area contributed by atoms with Gasteiger partial charge in [-0.3, -0.25) is 4.79 Å². The van der Waals surface area contributed by atoms with Crippen molar-refractivity contribution in [2.45, 2.75) is 71.7 Å². The van der Waals surface area contributed by atoms with Gasteiger partial charge < -0.3 is 14.6 Å². The molecule has 0 radical (unpaired) electrons. The number of rotatable bonds is 4. The van der Waals surface area contributed by atoms with Gasteiger partial charge in [0.25, 0.3) is 0 Å². The van der Waals surface area contributed by atoms with Crippen molar-refractivity contribution in [2.75, 3.05) is 6.61 Å². The van der Waals surface area contributed by atoms with Gasteiger partial charge in [0.1, 0.15) is 5.41 Å². The van der Waals surface area contributed by atoms with Gasteiger partial charge in [-0.25, -0.2) is 0 Å². The minimum absolute atomic E-state index is 0.0233. The molecule has 23 heavy (non-hydrogen) atoms. The lowest BCUT2D eigenvalue weighted by Crippen LogP contribution is -2.60. The van der Waals surface area contributed by atoms with E-state index in [1.165, 1.54) is 0 Å². The summed E-state index contributed by atoms with van der Waals surface area (Å²) in [4.78, 5) is 12.9. The van der Waals surface area contributed by atoms with Gasteiger partial charge in [-0.2, -0.15) is 0 Å². The zero-order chi connectivity index (χ0) is 16.8. The number of aliphatic hydroxyl groups is 1. The van der Waals surface area contributed by atoms with Crippen molar-refractivity contribution in [2.24, 2.45) is 22.7 Å². The number of hydrogen-bond donors (Lipinski definition) is 1. The molecule has 4 heteroatoms. The van der Waals surface area contributed by atoms with Crippen LogP contribution in [-0.2, 0) is 14.3 Å². The second kappa shape index (κ2) is 5.89. The Hall–Kier alpha value is -0.870. The second-order valence-corrected chi connectivity index (χ2v) is 8.20. The van der Waals surface area contributed by atoms with E-state index >= 15 is 0 Å². The van der Waals surface area contributed by atoms with Crippen LogP contribution >= 0.6 is 0 Å². The van der Waals surface area contributed by atoms with Crippen molar-refractivity contribution in [3.05, 3.63) is 12.2 Å². The average molecular weight is 322 g/mol. The molecule has 2 aliphatic carbocycles. The summed E-state index contributed by atoms with van der Waals surface area (Å²) in [6.07, 6.45) is 4.11. The number of aliphatic hydroxyl groups excluding tert-OH is 1. The minimum atomic E-state index is -0.853. The highest BCUT2D eigenvalue weighted by Gasteiger charge is 2.71. The molecule has 5 atom stereocenters. The van der Waals surface area contributed by atoms with Crippen LogP contribution in [0.5, 0.6) is 0 Å². The maximum atomic E-state index is 12.9. The summed E-state index contributed by atoms with van der Waals surface area (Å²) >= 11 is 0. The molecule has 0 aromatic carbocycles. The summed E-state index contributed by atoms with van der Waals surface area (Å²) in [5.41, 5.74) is 0.175. The van der Waals surface area contributed by atoms with E-state index in [0.29, 0.717) is 13.0 Å². The molecule has 1 heterocycles. The highest BCUT2D eigenvalue weighted by Crippen LogP contribution is 2.65. The Bertz CT molecular complexity index is 498. The van der Waals surface area contributed by atoms with Crippen molar-refractivity contribution < 1.29 is 19.4 Å². The summed E-state index contributed by atoms with van der Waals surface area (Å²) in [5.74, 6) is -0.350. The first-order chi connectivity index (χ1) is 10.9. The molecular weight excluding hydrogens is 292 g/mol. The Morgan fingerprint density at radius 1 is 1.39 bits per heavy atom. The minimum Gasteiger partial charge on any atom is -0.435 e. The summed E-state index contributed by atoms with van der Waals surface area (Å²) < 4.78 is 11.6. The average Bonchev–Trinajstić information content (AvgIpc) is 2.79. The third kappa shape index (κ3) is 2.37. The largest absolute Gasteiger partial charge is 0.435 e. The van der Waals surface area contributed by atoms with Crippen molar-refractivity contribution in [1.82, 2.24) is 0 Å². The zero-order valence-corrected chi connectivity index (χ0v) is 14.6. The van der Waals surface area contributed by atoms with E-state index in [1.807, 2.05) is 0 Å². The van der Waals surface area contributed by atoms with Crippen LogP contribution < -0.4 is 0 Å². The van der Waals surface area contributed by atoms with Gasteiger partial charge in [-0.1, -0.05) is 39.3 Å². The molecular formula is C19H30O4. The van der Waals surface area contributed by atoms with Gasteiger partial charge in [0.2, 0.25) is 6.29 Å². The normalized spacial score (nSPS) is 42.1. The van der Waals surface area contributed by atoms with Crippen LogP contribution in [0.3, 0.4) is 0 Å². The number of carbonyl (C=O) groups excluding carboxylic acids is 1. The van der Waals surface area contributed by atoms with Crippen molar-refractivity contribution in [3.8, 4) is 0 Å². The van der Waals surface area contributed by atoms with Crippen LogP contribution in [0.2, 0.25) is 0 Å². The summed E-state index contributed by atoms with van der Waals surface area (Å²) in [5, 5.41) is 10.9. The highest BCUT2D eigenvalue weighted by atomic mass is 16.7. The van der Waals surface area contributed by atoms with Gasteiger partial charge in [-0.15, -0.1) is 0 Å². The molecule has 0 amide bonds. The third-order valence-corrected chi connectivity index (χ3v) is 6.47. The van der Waals surface area contributed by atoms with Gasteiger partial charge in [0, 0.05) is 0 Å². The predicted molar refractivity (Wildman–Crippen MR) is 87.5 cm³/mol.